The van der Waals surface area contributed by atoms with Crippen molar-refractivity contribution in [3.63, 3.8) is 0 Å². The van der Waals surface area contributed by atoms with Gasteiger partial charge in [0.2, 0.25) is 11.8 Å². The van der Waals surface area contributed by atoms with Crippen LogP contribution in [0.2, 0.25) is 0 Å². The molecule has 0 radical (unpaired) electrons. The minimum absolute atomic E-state index is 0.00656. The van der Waals surface area contributed by atoms with E-state index in [0.717, 1.165) is 47.8 Å². The highest BCUT2D eigenvalue weighted by atomic mass is 16.2. The number of aromatic nitrogens is 3. The summed E-state index contributed by atoms with van der Waals surface area (Å²) in [4.78, 5) is 29.4. The van der Waals surface area contributed by atoms with Crippen molar-refractivity contribution in [1.82, 2.24) is 25.2 Å². The Morgan fingerprint density at radius 3 is 2.31 bits per heavy atom. The minimum atomic E-state index is -0.754. The largest absolute Gasteiger partial charge is 0.351 e. The maximum absolute atomic E-state index is 13.9. The number of fused-ring (bicyclic) bond motifs is 1. The van der Waals surface area contributed by atoms with E-state index in [-0.39, 0.29) is 24.4 Å². The topological polar surface area (TPSA) is 80.1 Å². The van der Waals surface area contributed by atoms with E-state index in [9.17, 15) is 9.59 Å². The molecular formula is C29H31N5O2. The van der Waals surface area contributed by atoms with Gasteiger partial charge in [0.15, 0.2) is 0 Å². The number of para-hydroxylation sites is 1. The Balaban J connectivity index is 1.49. The summed E-state index contributed by atoms with van der Waals surface area (Å²) >= 11 is 0. The first kappa shape index (κ1) is 23.7. The van der Waals surface area contributed by atoms with Crippen molar-refractivity contribution >= 4 is 22.8 Å². The predicted molar refractivity (Wildman–Crippen MR) is 139 cm³/mol. The maximum atomic E-state index is 13.9. The molecule has 1 aromatic heterocycles. The molecule has 2 amide bonds. The van der Waals surface area contributed by atoms with Gasteiger partial charge in [-0.05, 0) is 36.1 Å². The first-order valence-electron chi connectivity index (χ1n) is 12.7. The Morgan fingerprint density at radius 1 is 0.889 bits per heavy atom. The van der Waals surface area contributed by atoms with Gasteiger partial charge in [-0.1, -0.05) is 97.3 Å². The van der Waals surface area contributed by atoms with Crippen LogP contribution in [0, 0.1) is 0 Å². The van der Waals surface area contributed by atoms with Gasteiger partial charge in [-0.15, -0.1) is 5.10 Å². The number of carbonyl (C=O) groups is 2. The Labute approximate surface area is 211 Å². The van der Waals surface area contributed by atoms with Crippen LogP contribution in [-0.4, -0.2) is 37.7 Å². The number of rotatable bonds is 8. The molecule has 0 aliphatic heterocycles. The van der Waals surface area contributed by atoms with Gasteiger partial charge >= 0.3 is 0 Å². The fourth-order valence-electron chi connectivity index (χ4n) is 4.99. The van der Waals surface area contributed by atoms with Crippen molar-refractivity contribution in [3.8, 4) is 0 Å². The maximum Gasteiger partial charge on any atom is 0.247 e. The Kier molecular flexibility index (Phi) is 7.36. The molecule has 36 heavy (non-hydrogen) atoms. The van der Waals surface area contributed by atoms with Crippen LogP contribution >= 0.6 is 0 Å². The molecule has 1 N–H and O–H groups in total. The predicted octanol–water partition coefficient (Wildman–Crippen LogP) is 4.65. The highest BCUT2D eigenvalue weighted by Gasteiger charge is 2.33. The lowest BCUT2D eigenvalue weighted by Crippen LogP contribution is -2.47. The van der Waals surface area contributed by atoms with E-state index >= 15 is 0 Å². The van der Waals surface area contributed by atoms with Gasteiger partial charge in [-0.2, -0.15) is 0 Å². The van der Waals surface area contributed by atoms with E-state index in [1.54, 1.807) is 9.58 Å². The van der Waals surface area contributed by atoms with Crippen molar-refractivity contribution < 1.29 is 9.59 Å². The van der Waals surface area contributed by atoms with E-state index in [2.05, 4.69) is 15.6 Å². The molecule has 1 fully saturated rings. The third kappa shape index (κ3) is 5.46. The number of nitrogens with one attached hydrogen (secondary N) is 1. The van der Waals surface area contributed by atoms with Crippen molar-refractivity contribution in [1.29, 1.82) is 0 Å². The molecule has 0 bridgehead atoms. The SMILES string of the molecule is O=C(NC1CCCCC1)[C@@H](c1ccccc1)N(Cc1ccccc1)C(=O)Cn1nnc2ccccc21. The molecule has 1 heterocycles. The molecular weight excluding hydrogens is 450 g/mol. The molecule has 1 atom stereocenters. The number of amides is 2. The minimum Gasteiger partial charge on any atom is -0.351 e. The highest BCUT2D eigenvalue weighted by molar-refractivity contribution is 5.89. The van der Waals surface area contributed by atoms with Gasteiger partial charge < -0.3 is 10.2 Å². The first-order valence-corrected chi connectivity index (χ1v) is 12.7. The summed E-state index contributed by atoms with van der Waals surface area (Å²) in [5.74, 6) is -0.331. The standard InChI is InChI=1S/C29H31N5O2/c35-27(21-34-26-19-11-10-18-25(26)31-32-34)33(20-22-12-4-1-5-13-22)28(23-14-6-2-7-15-23)29(36)30-24-16-8-3-9-17-24/h1-2,4-7,10-15,18-19,24,28H,3,8-9,16-17,20-21H2,(H,30,36)/t28-/m1/s1. The van der Waals surface area contributed by atoms with Gasteiger partial charge in [-0.25, -0.2) is 4.68 Å². The Hall–Kier alpha value is -4.00. The summed E-state index contributed by atoms with van der Waals surface area (Å²) in [6.45, 7) is 0.303. The monoisotopic (exact) mass is 481 g/mol. The normalized spacial score (nSPS) is 14.9. The van der Waals surface area contributed by atoms with Crippen LogP contribution in [0.4, 0.5) is 0 Å². The Bertz CT molecular complexity index is 1300. The highest BCUT2D eigenvalue weighted by Crippen LogP contribution is 2.26. The quantitative estimate of drug-likeness (QED) is 0.397. The molecule has 1 aliphatic rings. The van der Waals surface area contributed by atoms with E-state index in [4.69, 9.17) is 0 Å². The smallest absolute Gasteiger partial charge is 0.247 e. The number of benzene rings is 3. The van der Waals surface area contributed by atoms with Crippen molar-refractivity contribution in [3.05, 3.63) is 96.1 Å². The van der Waals surface area contributed by atoms with Crippen LogP contribution < -0.4 is 5.32 Å². The fourth-order valence-corrected chi connectivity index (χ4v) is 4.99. The number of carbonyl (C=O) groups excluding carboxylic acids is 2. The molecule has 184 valence electrons. The Morgan fingerprint density at radius 2 is 1.56 bits per heavy atom. The summed E-state index contributed by atoms with van der Waals surface area (Å²) in [6, 6.07) is 26.3. The first-order chi connectivity index (χ1) is 17.7. The van der Waals surface area contributed by atoms with Crippen molar-refractivity contribution in [2.75, 3.05) is 0 Å². The van der Waals surface area contributed by atoms with E-state index in [1.165, 1.54) is 6.42 Å². The van der Waals surface area contributed by atoms with Crippen LogP contribution in [0.3, 0.4) is 0 Å². The van der Waals surface area contributed by atoms with Gasteiger partial charge in [0.25, 0.3) is 0 Å². The molecule has 5 rings (SSSR count). The zero-order chi connectivity index (χ0) is 24.7. The molecule has 3 aromatic carbocycles. The summed E-state index contributed by atoms with van der Waals surface area (Å²) in [7, 11) is 0. The number of hydrogen-bond donors (Lipinski definition) is 1. The summed E-state index contributed by atoms with van der Waals surface area (Å²) in [6.07, 6.45) is 5.40. The summed E-state index contributed by atoms with van der Waals surface area (Å²) in [5, 5.41) is 11.7. The summed E-state index contributed by atoms with van der Waals surface area (Å²) < 4.78 is 1.61. The van der Waals surface area contributed by atoms with E-state index in [1.807, 2.05) is 84.9 Å². The third-order valence-corrected chi connectivity index (χ3v) is 6.85. The molecule has 7 heteroatoms. The second-order valence-electron chi connectivity index (χ2n) is 9.40. The lowest BCUT2D eigenvalue weighted by molar-refractivity contribution is -0.142. The van der Waals surface area contributed by atoms with E-state index in [0.29, 0.717) is 6.54 Å². The molecule has 1 saturated carbocycles. The lowest BCUT2D eigenvalue weighted by atomic mass is 9.94. The lowest BCUT2D eigenvalue weighted by Gasteiger charge is -2.33. The number of hydrogen-bond acceptors (Lipinski definition) is 4. The third-order valence-electron chi connectivity index (χ3n) is 6.85. The molecule has 0 saturated heterocycles. The zero-order valence-corrected chi connectivity index (χ0v) is 20.3. The zero-order valence-electron chi connectivity index (χ0n) is 20.3. The van der Waals surface area contributed by atoms with Gasteiger partial charge in [0.1, 0.15) is 18.1 Å². The van der Waals surface area contributed by atoms with Gasteiger partial charge in [0, 0.05) is 12.6 Å². The fraction of sp³-hybridized carbons (Fsp3) is 0.310. The van der Waals surface area contributed by atoms with Crippen LogP contribution in [-0.2, 0) is 22.7 Å². The van der Waals surface area contributed by atoms with Crippen LogP contribution in [0.1, 0.15) is 49.3 Å². The molecule has 4 aromatic rings. The van der Waals surface area contributed by atoms with Crippen molar-refractivity contribution in [2.24, 2.45) is 0 Å². The van der Waals surface area contributed by atoms with Crippen molar-refractivity contribution in [2.45, 2.75) is 57.3 Å². The average molecular weight is 482 g/mol. The van der Waals surface area contributed by atoms with E-state index < -0.39 is 6.04 Å². The van der Waals surface area contributed by atoms with Gasteiger partial charge in [0.05, 0.1) is 5.52 Å². The molecule has 0 unspecified atom stereocenters. The average Bonchev–Trinajstić information content (AvgIpc) is 3.33. The molecule has 7 nitrogen and oxygen atoms in total. The van der Waals surface area contributed by atoms with Gasteiger partial charge in [-0.3, -0.25) is 9.59 Å². The summed E-state index contributed by atoms with van der Waals surface area (Å²) in [5.41, 5.74) is 3.27. The molecule has 0 spiro atoms. The number of nitrogens with zero attached hydrogens (tertiary/aromatic N) is 4. The molecule has 1 aliphatic carbocycles. The van der Waals surface area contributed by atoms with Crippen LogP contribution in [0.25, 0.3) is 11.0 Å². The van der Waals surface area contributed by atoms with Crippen LogP contribution in [0.5, 0.6) is 0 Å². The second-order valence-corrected chi connectivity index (χ2v) is 9.40. The van der Waals surface area contributed by atoms with Crippen LogP contribution in [0.15, 0.2) is 84.9 Å². The second kappa shape index (κ2) is 11.2.